The monoisotopic (exact) mass is 412 g/mol. The largest absolute Gasteiger partial charge is 0.437 e. The molecule has 1 aromatic heterocycles. The van der Waals surface area contributed by atoms with E-state index in [1.54, 1.807) is 24.4 Å². The number of amides is 1. The first kappa shape index (κ1) is 23.1. The SMILES string of the molecule is CC(CC(=O)Nc1cccc(Oc2cccnn2)c1)C1CCNCC1.Cl.Cl. The molecule has 1 fully saturated rings. The molecule has 1 amide bonds. The fourth-order valence-electron chi connectivity index (χ4n) is 3.18. The molecule has 1 aromatic carbocycles. The third-order valence-electron chi connectivity index (χ3n) is 4.58. The van der Waals surface area contributed by atoms with Crippen molar-refractivity contribution in [3.8, 4) is 11.6 Å². The highest BCUT2D eigenvalue weighted by Gasteiger charge is 2.22. The van der Waals surface area contributed by atoms with Crippen LogP contribution in [-0.4, -0.2) is 29.2 Å². The molecular weight excluding hydrogens is 387 g/mol. The quantitative estimate of drug-likeness (QED) is 0.747. The van der Waals surface area contributed by atoms with Crippen molar-refractivity contribution in [3.63, 3.8) is 0 Å². The van der Waals surface area contributed by atoms with Gasteiger partial charge in [0, 0.05) is 30.4 Å². The predicted octanol–water partition coefficient (Wildman–Crippen LogP) is 4.08. The Bertz CT molecular complexity index is 697. The summed E-state index contributed by atoms with van der Waals surface area (Å²) in [6, 6.07) is 10.8. The Balaban J connectivity index is 0.00000182. The molecule has 2 aromatic rings. The summed E-state index contributed by atoms with van der Waals surface area (Å²) in [6.45, 7) is 4.28. The van der Waals surface area contributed by atoms with Gasteiger partial charge in [-0.1, -0.05) is 13.0 Å². The number of anilines is 1. The number of carbonyl (C=O) groups is 1. The molecule has 2 heterocycles. The van der Waals surface area contributed by atoms with E-state index >= 15 is 0 Å². The number of nitrogens with one attached hydrogen (secondary N) is 2. The minimum atomic E-state index is 0. The van der Waals surface area contributed by atoms with Gasteiger partial charge in [-0.2, -0.15) is 5.10 Å². The second-order valence-electron chi connectivity index (χ2n) is 6.51. The van der Waals surface area contributed by atoms with Gasteiger partial charge in [0.2, 0.25) is 11.8 Å². The molecular formula is C19H26Cl2N4O2. The Labute approximate surface area is 172 Å². The van der Waals surface area contributed by atoms with Gasteiger partial charge in [0.05, 0.1) is 0 Å². The number of ether oxygens (including phenoxy) is 1. The Morgan fingerprint density at radius 2 is 2.04 bits per heavy atom. The summed E-state index contributed by atoms with van der Waals surface area (Å²) in [5.74, 6) is 2.09. The van der Waals surface area contributed by atoms with Crippen molar-refractivity contribution in [2.75, 3.05) is 18.4 Å². The van der Waals surface area contributed by atoms with Crippen LogP contribution in [-0.2, 0) is 4.79 Å². The van der Waals surface area contributed by atoms with E-state index in [4.69, 9.17) is 4.74 Å². The minimum Gasteiger partial charge on any atom is -0.437 e. The lowest BCUT2D eigenvalue weighted by Crippen LogP contribution is -2.32. The van der Waals surface area contributed by atoms with Crippen LogP contribution in [0.1, 0.15) is 26.2 Å². The number of hydrogen-bond donors (Lipinski definition) is 2. The molecule has 1 unspecified atom stereocenters. The van der Waals surface area contributed by atoms with Gasteiger partial charge in [0.1, 0.15) is 5.75 Å². The van der Waals surface area contributed by atoms with Crippen LogP contribution in [0.4, 0.5) is 5.69 Å². The van der Waals surface area contributed by atoms with Gasteiger partial charge in [-0.25, -0.2) is 0 Å². The van der Waals surface area contributed by atoms with Gasteiger partial charge in [-0.15, -0.1) is 29.9 Å². The fraction of sp³-hybridized carbons (Fsp3) is 0.421. The van der Waals surface area contributed by atoms with E-state index in [0.29, 0.717) is 29.9 Å². The van der Waals surface area contributed by atoms with Crippen molar-refractivity contribution in [2.24, 2.45) is 11.8 Å². The van der Waals surface area contributed by atoms with E-state index in [1.165, 1.54) is 0 Å². The molecule has 0 bridgehead atoms. The molecule has 148 valence electrons. The zero-order valence-corrected chi connectivity index (χ0v) is 16.9. The molecule has 1 atom stereocenters. The van der Waals surface area contributed by atoms with Gasteiger partial charge < -0.3 is 15.4 Å². The number of halogens is 2. The van der Waals surface area contributed by atoms with Crippen LogP contribution >= 0.6 is 24.8 Å². The Morgan fingerprint density at radius 3 is 2.74 bits per heavy atom. The Kier molecular flexibility index (Phi) is 10.1. The van der Waals surface area contributed by atoms with E-state index in [1.807, 2.05) is 18.2 Å². The summed E-state index contributed by atoms with van der Waals surface area (Å²) >= 11 is 0. The van der Waals surface area contributed by atoms with Crippen LogP contribution in [0.15, 0.2) is 42.6 Å². The molecule has 6 nitrogen and oxygen atoms in total. The molecule has 1 aliphatic rings. The van der Waals surface area contributed by atoms with E-state index in [2.05, 4.69) is 27.8 Å². The number of rotatable bonds is 6. The van der Waals surface area contributed by atoms with Crippen molar-refractivity contribution < 1.29 is 9.53 Å². The third kappa shape index (κ3) is 7.33. The maximum atomic E-state index is 12.3. The standard InChI is InChI=1S/C19H24N4O2.2ClH/c1-14(15-7-10-20-11-8-15)12-18(24)22-16-4-2-5-17(13-16)25-19-6-3-9-21-23-19;;/h2-6,9,13-15,20H,7-8,10-12H2,1H3,(H,22,24);2*1H. The summed E-state index contributed by atoms with van der Waals surface area (Å²) in [5, 5.41) is 14.0. The molecule has 2 N–H and O–H groups in total. The summed E-state index contributed by atoms with van der Waals surface area (Å²) in [7, 11) is 0. The van der Waals surface area contributed by atoms with Crippen molar-refractivity contribution in [1.82, 2.24) is 15.5 Å². The maximum Gasteiger partial charge on any atom is 0.238 e. The molecule has 0 radical (unpaired) electrons. The molecule has 27 heavy (non-hydrogen) atoms. The number of hydrogen-bond acceptors (Lipinski definition) is 5. The zero-order valence-electron chi connectivity index (χ0n) is 15.3. The van der Waals surface area contributed by atoms with Crippen LogP contribution < -0.4 is 15.4 Å². The summed E-state index contributed by atoms with van der Waals surface area (Å²) in [4.78, 5) is 12.3. The minimum absolute atomic E-state index is 0. The third-order valence-corrected chi connectivity index (χ3v) is 4.58. The van der Waals surface area contributed by atoms with E-state index in [9.17, 15) is 4.79 Å². The van der Waals surface area contributed by atoms with Gasteiger partial charge in [0.15, 0.2) is 0 Å². The lowest BCUT2D eigenvalue weighted by atomic mass is 9.84. The molecule has 0 spiro atoms. The molecule has 8 heteroatoms. The van der Waals surface area contributed by atoms with Gasteiger partial charge in [-0.3, -0.25) is 4.79 Å². The number of piperidine rings is 1. The van der Waals surface area contributed by atoms with Crippen molar-refractivity contribution in [1.29, 1.82) is 0 Å². The lowest BCUT2D eigenvalue weighted by molar-refractivity contribution is -0.117. The number of aromatic nitrogens is 2. The van der Waals surface area contributed by atoms with Crippen molar-refractivity contribution in [2.45, 2.75) is 26.2 Å². The van der Waals surface area contributed by atoms with Crippen molar-refractivity contribution >= 4 is 36.4 Å². The van der Waals surface area contributed by atoms with Crippen LogP contribution in [0.3, 0.4) is 0 Å². The first-order valence-corrected chi connectivity index (χ1v) is 8.77. The van der Waals surface area contributed by atoms with Crippen LogP contribution in [0, 0.1) is 11.8 Å². The first-order valence-electron chi connectivity index (χ1n) is 8.77. The fourth-order valence-corrected chi connectivity index (χ4v) is 3.18. The van der Waals surface area contributed by atoms with Crippen molar-refractivity contribution in [3.05, 3.63) is 42.6 Å². The van der Waals surface area contributed by atoms with Gasteiger partial charge in [-0.05, 0) is 56.0 Å². The average molecular weight is 413 g/mol. The summed E-state index contributed by atoms with van der Waals surface area (Å²) in [6.07, 6.45) is 4.43. The highest BCUT2D eigenvalue weighted by molar-refractivity contribution is 5.91. The molecule has 1 saturated heterocycles. The smallest absolute Gasteiger partial charge is 0.238 e. The van der Waals surface area contributed by atoms with Crippen LogP contribution in [0.5, 0.6) is 11.6 Å². The predicted molar refractivity (Wildman–Crippen MR) is 111 cm³/mol. The highest BCUT2D eigenvalue weighted by atomic mass is 35.5. The second kappa shape index (κ2) is 11.7. The lowest BCUT2D eigenvalue weighted by Gasteiger charge is -2.27. The maximum absolute atomic E-state index is 12.3. The topological polar surface area (TPSA) is 76.1 Å². The summed E-state index contributed by atoms with van der Waals surface area (Å²) in [5.41, 5.74) is 0.726. The summed E-state index contributed by atoms with van der Waals surface area (Å²) < 4.78 is 5.64. The van der Waals surface area contributed by atoms with E-state index in [0.717, 1.165) is 31.6 Å². The van der Waals surface area contributed by atoms with Crippen LogP contribution in [0.2, 0.25) is 0 Å². The zero-order chi connectivity index (χ0) is 17.5. The van der Waals surface area contributed by atoms with Gasteiger partial charge in [0.25, 0.3) is 0 Å². The molecule has 0 aliphatic carbocycles. The Morgan fingerprint density at radius 1 is 1.26 bits per heavy atom. The first-order chi connectivity index (χ1) is 12.2. The van der Waals surface area contributed by atoms with Gasteiger partial charge >= 0.3 is 0 Å². The average Bonchev–Trinajstić information content (AvgIpc) is 2.63. The van der Waals surface area contributed by atoms with Crippen LogP contribution in [0.25, 0.3) is 0 Å². The number of carbonyl (C=O) groups excluding carboxylic acids is 1. The molecule has 0 saturated carbocycles. The molecule has 3 rings (SSSR count). The normalized spacial score (nSPS) is 15.0. The number of nitrogens with zero attached hydrogens (tertiary/aromatic N) is 2. The van der Waals surface area contributed by atoms with E-state index < -0.39 is 0 Å². The highest BCUT2D eigenvalue weighted by Crippen LogP contribution is 2.26. The second-order valence-corrected chi connectivity index (χ2v) is 6.51. The Hall–Kier alpha value is -1.89. The number of benzene rings is 1. The molecule has 1 aliphatic heterocycles. The van der Waals surface area contributed by atoms with E-state index in [-0.39, 0.29) is 30.7 Å².